The molecule has 2 heterocycles. The summed E-state index contributed by atoms with van der Waals surface area (Å²) >= 11 is 1.39. The lowest BCUT2D eigenvalue weighted by molar-refractivity contribution is 0.0962. The van der Waals surface area contributed by atoms with Gasteiger partial charge in [0.2, 0.25) is 0 Å². The summed E-state index contributed by atoms with van der Waals surface area (Å²) in [5.41, 5.74) is 2.05. The maximum Gasteiger partial charge on any atom is 0.267 e. The van der Waals surface area contributed by atoms with Crippen molar-refractivity contribution in [2.24, 2.45) is 0 Å². The van der Waals surface area contributed by atoms with Crippen LogP contribution in [-0.2, 0) is 0 Å². The molecular weight excluding hydrogens is 310 g/mol. The molecule has 2 N–H and O–H groups in total. The van der Waals surface area contributed by atoms with Crippen molar-refractivity contribution in [3.8, 4) is 5.69 Å². The SMILES string of the molecule is CNC(=O)c1ccc(NC(=O)c2sccc2-n2cccc2)cc1. The van der Waals surface area contributed by atoms with Crippen molar-refractivity contribution in [1.82, 2.24) is 9.88 Å². The summed E-state index contributed by atoms with van der Waals surface area (Å²) in [6.07, 6.45) is 3.80. The van der Waals surface area contributed by atoms with Gasteiger partial charge in [-0.15, -0.1) is 11.3 Å². The third kappa shape index (κ3) is 3.17. The van der Waals surface area contributed by atoms with Gasteiger partial charge in [-0.05, 0) is 47.8 Å². The van der Waals surface area contributed by atoms with E-state index in [9.17, 15) is 9.59 Å². The van der Waals surface area contributed by atoms with Gasteiger partial charge in [-0.25, -0.2) is 0 Å². The van der Waals surface area contributed by atoms with Gasteiger partial charge in [0.1, 0.15) is 4.88 Å². The number of hydrogen-bond donors (Lipinski definition) is 2. The van der Waals surface area contributed by atoms with E-state index in [1.165, 1.54) is 11.3 Å². The lowest BCUT2D eigenvalue weighted by Gasteiger charge is -2.07. The zero-order chi connectivity index (χ0) is 16.2. The van der Waals surface area contributed by atoms with Crippen LogP contribution >= 0.6 is 11.3 Å². The van der Waals surface area contributed by atoms with Gasteiger partial charge < -0.3 is 15.2 Å². The fourth-order valence-corrected chi connectivity index (χ4v) is 2.99. The molecule has 0 atom stereocenters. The molecule has 1 aromatic carbocycles. The molecule has 0 aliphatic rings. The Morgan fingerprint density at radius 2 is 1.70 bits per heavy atom. The van der Waals surface area contributed by atoms with Crippen LogP contribution in [0.4, 0.5) is 5.69 Å². The highest BCUT2D eigenvalue weighted by Crippen LogP contribution is 2.23. The van der Waals surface area contributed by atoms with Gasteiger partial charge in [0.15, 0.2) is 0 Å². The van der Waals surface area contributed by atoms with E-state index in [1.54, 1.807) is 31.3 Å². The number of rotatable bonds is 4. The number of amides is 2. The number of benzene rings is 1. The van der Waals surface area contributed by atoms with E-state index in [4.69, 9.17) is 0 Å². The van der Waals surface area contributed by atoms with Gasteiger partial charge in [-0.2, -0.15) is 0 Å². The van der Waals surface area contributed by atoms with Crippen LogP contribution in [0, 0.1) is 0 Å². The first kappa shape index (κ1) is 15.1. The van der Waals surface area contributed by atoms with Crippen molar-refractivity contribution >= 4 is 28.8 Å². The van der Waals surface area contributed by atoms with Crippen molar-refractivity contribution < 1.29 is 9.59 Å². The fourth-order valence-electron chi connectivity index (χ4n) is 2.21. The molecule has 0 aliphatic carbocycles. The number of nitrogens with zero attached hydrogens (tertiary/aromatic N) is 1. The molecule has 0 spiro atoms. The van der Waals surface area contributed by atoms with E-state index in [1.807, 2.05) is 40.5 Å². The molecule has 0 fully saturated rings. The minimum Gasteiger partial charge on any atom is -0.355 e. The van der Waals surface area contributed by atoms with Crippen molar-refractivity contribution in [3.63, 3.8) is 0 Å². The highest BCUT2D eigenvalue weighted by atomic mass is 32.1. The molecule has 0 saturated heterocycles. The van der Waals surface area contributed by atoms with Crippen molar-refractivity contribution in [2.45, 2.75) is 0 Å². The number of aromatic nitrogens is 1. The molecule has 0 saturated carbocycles. The second kappa shape index (κ2) is 6.50. The van der Waals surface area contributed by atoms with Gasteiger partial charge in [0, 0.05) is 30.7 Å². The van der Waals surface area contributed by atoms with Gasteiger partial charge in [-0.1, -0.05) is 0 Å². The largest absolute Gasteiger partial charge is 0.355 e. The summed E-state index contributed by atoms with van der Waals surface area (Å²) in [5.74, 6) is -0.326. The van der Waals surface area contributed by atoms with E-state index in [2.05, 4.69) is 10.6 Å². The van der Waals surface area contributed by atoms with Crippen LogP contribution in [0.1, 0.15) is 20.0 Å². The van der Waals surface area contributed by atoms with Crippen LogP contribution in [0.3, 0.4) is 0 Å². The minimum absolute atomic E-state index is 0.156. The first-order chi connectivity index (χ1) is 11.2. The number of thiophene rings is 1. The third-order valence-electron chi connectivity index (χ3n) is 3.37. The zero-order valence-electron chi connectivity index (χ0n) is 12.4. The van der Waals surface area contributed by atoms with E-state index in [0.717, 1.165) is 5.69 Å². The van der Waals surface area contributed by atoms with Crippen LogP contribution in [0.2, 0.25) is 0 Å². The summed E-state index contributed by atoms with van der Waals surface area (Å²) < 4.78 is 1.90. The minimum atomic E-state index is -0.170. The quantitative estimate of drug-likeness (QED) is 0.774. The van der Waals surface area contributed by atoms with Gasteiger partial charge in [0.05, 0.1) is 5.69 Å². The summed E-state index contributed by atoms with van der Waals surface area (Å²) in [6.45, 7) is 0. The molecule has 23 heavy (non-hydrogen) atoms. The number of carbonyl (C=O) groups excluding carboxylic acids is 2. The molecule has 2 aromatic heterocycles. The predicted octanol–water partition coefficient (Wildman–Crippen LogP) is 3.15. The number of hydrogen-bond acceptors (Lipinski definition) is 3. The summed E-state index contributed by atoms with van der Waals surface area (Å²) in [4.78, 5) is 24.6. The molecule has 0 aliphatic heterocycles. The van der Waals surface area contributed by atoms with E-state index < -0.39 is 0 Å². The number of carbonyl (C=O) groups is 2. The molecule has 0 radical (unpaired) electrons. The highest BCUT2D eigenvalue weighted by molar-refractivity contribution is 7.12. The highest BCUT2D eigenvalue weighted by Gasteiger charge is 2.14. The van der Waals surface area contributed by atoms with Crippen LogP contribution < -0.4 is 10.6 Å². The lowest BCUT2D eigenvalue weighted by atomic mass is 10.2. The van der Waals surface area contributed by atoms with Crippen molar-refractivity contribution in [3.05, 3.63) is 70.7 Å². The Balaban J connectivity index is 1.78. The smallest absolute Gasteiger partial charge is 0.267 e. The molecule has 116 valence electrons. The maximum atomic E-state index is 12.5. The Hall–Kier alpha value is -2.86. The maximum absolute atomic E-state index is 12.5. The topological polar surface area (TPSA) is 63.1 Å². The molecular formula is C17H15N3O2S. The van der Waals surface area contributed by atoms with Gasteiger partial charge >= 0.3 is 0 Å². The molecule has 0 unspecified atom stereocenters. The van der Waals surface area contributed by atoms with Crippen molar-refractivity contribution in [2.75, 3.05) is 12.4 Å². The number of anilines is 1. The molecule has 0 bridgehead atoms. The van der Waals surface area contributed by atoms with E-state index >= 15 is 0 Å². The van der Waals surface area contributed by atoms with E-state index in [0.29, 0.717) is 16.1 Å². The molecule has 3 aromatic rings. The third-order valence-corrected chi connectivity index (χ3v) is 4.27. The monoisotopic (exact) mass is 325 g/mol. The first-order valence-electron chi connectivity index (χ1n) is 7.03. The van der Waals surface area contributed by atoms with Crippen LogP contribution in [-0.4, -0.2) is 23.4 Å². The van der Waals surface area contributed by atoms with Crippen LogP contribution in [0.15, 0.2) is 60.2 Å². The first-order valence-corrected chi connectivity index (χ1v) is 7.91. The standard InChI is InChI=1S/C17H15N3O2S/c1-18-16(21)12-4-6-13(7-5-12)19-17(22)15-14(8-11-23-15)20-9-2-3-10-20/h2-11H,1H3,(H,18,21)(H,19,22). The predicted molar refractivity (Wildman–Crippen MR) is 91.4 cm³/mol. The van der Waals surface area contributed by atoms with E-state index in [-0.39, 0.29) is 11.8 Å². The Morgan fingerprint density at radius 3 is 2.35 bits per heavy atom. The Labute approximate surface area is 137 Å². The van der Waals surface area contributed by atoms with Gasteiger partial charge in [-0.3, -0.25) is 9.59 Å². The second-order valence-corrected chi connectivity index (χ2v) is 5.75. The molecule has 2 amide bonds. The van der Waals surface area contributed by atoms with Crippen LogP contribution in [0.5, 0.6) is 0 Å². The summed E-state index contributed by atoms with van der Waals surface area (Å²) in [6, 6.07) is 12.5. The number of nitrogens with one attached hydrogen (secondary N) is 2. The summed E-state index contributed by atoms with van der Waals surface area (Å²) in [7, 11) is 1.58. The average molecular weight is 325 g/mol. The average Bonchev–Trinajstić information content (AvgIpc) is 3.25. The van der Waals surface area contributed by atoms with Crippen molar-refractivity contribution in [1.29, 1.82) is 0 Å². The zero-order valence-corrected chi connectivity index (χ0v) is 13.3. The van der Waals surface area contributed by atoms with Crippen LogP contribution in [0.25, 0.3) is 5.69 Å². The Bertz CT molecular complexity index is 820. The molecule has 3 rings (SSSR count). The Morgan fingerprint density at radius 1 is 1.00 bits per heavy atom. The summed E-state index contributed by atoms with van der Waals surface area (Å²) in [5, 5.41) is 7.30. The molecule has 5 nitrogen and oxygen atoms in total. The Kier molecular flexibility index (Phi) is 4.25. The van der Waals surface area contributed by atoms with Gasteiger partial charge in [0.25, 0.3) is 11.8 Å². The molecule has 6 heteroatoms. The second-order valence-electron chi connectivity index (χ2n) is 4.84. The normalized spacial score (nSPS) is 10.3. The lowest BCUT2D eigenvalue weighted by Crippen LogP contribution is -2.18. The fraction of sp³-hybridized carbons (Fsp3) is 0.0588.